The number of esters is 1. The molecule has 1 aliphatic heterocycles. The lowest BCUT2D eigenvalue weighted by Gasteiger charge is -2.38. The molecule has 1 aliphatic rings. The molecule has 1 heterocycles. The van der Waals surface area contributed by atoms with Gasteiger partial charge in [-0.2, -0.15) is 0 Å². The van der Waals surface area contributed by atoms with Crippen molar-refractivity contribution in [3.63, 3.8) is 0 Å². The first-order chi connectivity index (χ1) is 11.2. The Morgan fingerprint density at radius 3 is 2.78 bits per heavy atom. The minimum absolute atomic E-state index is 0.237. The predicted molar refractivity (Wildman–Crippen MR) is 94.0 cm³/mol. The van der Waals surface area contributed by atoms with Gasteiger partial charge in [0.25, 0.3) is 0 Å². The number of hydrogen-bond donors (Lipinski definition) is 0. The summed E-state index contributed by atoms with van der Waals surface area (Å²) in [5, 5.41) is 0. The summed E-state index contributed by atoms with van der Waals surface area (Å²) in [6.07, 6.45) is 11.3. The fourth-order valence-electron chi connectivity index (χ4n) is 3.02. The van der Waals surface area contributed by atoms with E-state index in [4.69, 9.17) is 4.74 Å². The van der Waals surface area contributed by atoms with E-state index in [1.165, 1.54) is 5.56 Å². The Kier molecular flexibility index (Phi) is 7.08. The van der Waals surface area contributed by atoms with Crippen molar-refractivity contribution in [1.82, 2.24) is 4.90 Å². The van der Waals surface area contributed by atoms with Crippen LogP contribution in [0.3, 0.4) is 0 Å². The fraction of sp³-hybridized carbons (Fsp3) is 0.450. The SMILES string of the molecule is CCC[C@@H]1C=CC[C@H](/C=C\C(=O)OCC)N1Cc1ccccc1. The van der Waals surface area contributed by atoms with E-state index < -0.39 is 0 Å². The Bertz CT molecular complexity index is 536. The Morgan fingerprint density at radius 2 is 2.09 bits per heavy atom. The maximum absolute atomic E-state index is 11.6. The average molecular weight is 313 g/mol. The first kappa shape index (κ1) is 17.5. The van der Waals surface area contributed by atoms with Gasteiger partial charge in [-0.05, 0) is 25.3 Å². The van der Waals surface area contributed by atoms with E-state index in [9.17, 15) is 4.79 Å². The standard InChI is InChI=1S/C20H27NO2/c1-3-9-18-12-8-13-19(14-15-20(22)23-4-2)21(18)16-17-10-6-5-7-11-17/h5-8,10-12,14-15,18-19H,3-4,9,13,16H2,1-2H3/b15-14-/t18-,19-/m1/s1. The van der Waals surface area contributed by atoms with Crippen molar-refractivity contribution in [3.05, 3.63) is 60.2 Å². The molecule has 2 atom stereocenters. The molecule has 0 radical (unpaired) electrons. The van der Waals surface area contributed by atoms with E-state index >= 15 is 0 Å². The van der Waals surface area contributed by atoms with Crippen molar-refractivity contribution in [1.29, 1.82) is 0 Å². The predicted octanol–water partition coefficient (Wildman–Crippen LogP) is 4.11. The first-order valence-corrected chi connectivity index (χ1v) is 8.55. The summed E-state index contributed by atoms with van der Waals surface area (Å²) >= 11 is 0. The van der Waals surface area contributed by atoms with Crippen LogP contribution in [0.4, 0.5) is 0 Å². The monoisotopic (exact) mass is 313 g/mol. The summed E-state index contributed by atoms with van der Waals surface area (Å²) in [4.78, 5) is 14.1. The van der Waals surface area contributed by atoms with Gasteiger partial charge in [0.15, 0.2) is 0 Å². The maximum atomic E-state index is 11.6. The summed E-state index contributed by atoms with van der Waals surface area (Å²) in [6.45, 7) is 5.36. The van der Waals surface area contributed by atoms with Crippen LogP contribution in [0.2, 0.25) is 0 Å². The van der Waals surface area contributed by atoms with Crippen molar-refractivity contribution in [2.75, 3.05) is 6.61 Å². The number of carbonyl (C=O) groups is 1. The summed E-state index contributed by atoms with van der Waals surface area (Å²) in [6, 6.07) is 11.2. The highest BCUT2D eigenvalue weighted by Gasteiger charge is 2.25. The van der Waals surface area contributed by atoms with Crippen molar-refractivity contribution in [2.45, 2.75) is 51.7 Å². The minimum Gasteiger partial charge on any atom is -0.463 e. The lowest BCUT2D eigenvalue weighted by atomic mass is 9.97. The summed E-state index contributed by atoms with van der Waals surface area (Å²) in [5.74, 6) is -0.256. The highest BCUT2D eigenvalue weighted by atomic mass is 16.5. The molecular formula is C20H27NO2. The van der Waals surface area contributed by atoms with Crippen molar-refractivity contribution in [3.8, 4) is 0 Å². The number of rotatable bonds is 7. The van der Waals surface area contributed by atoms with E-state index in [1.54, 1.807) is 6.08 Å². The third-order valence-corrected chi connectivity index (χ3v) is 4.12. The van der Waals surface area contributed by atoms with Gasteiger partial charge in [0.1, 0.15) is 0 Å². The lowest BCUT2D eigenvalue weighted by molar-refractivity contribution is -0.137. The van der Waals surface area contributed by atoms with Gasteiger partial charge >= 0.3 is 5.97 Å². The number of nitrogens with zero attached hydrogens (tertiary/aromatic N) is 1. The quantitative estimate of drug-likeness (QED) is 0.431. The molecule has 1 aromatic rings. The molecule has 124 valence electrons. The molecule has 3 nitrogen and oxygen atoms in total. The number of benzene rings is 1. The zero-order valence-corrected chi connectivity index (χ0v) is 14.2. The Labute approximate surface area is 139 Å². The van der Waals surface area contributed by atoms with E-state index in [2.05, 4.69) is 48.2 Å². The zero-order chi connectivity index (χ0) is 16.5. The van der Waals surface area contributed by atoms with Crippen molar-refractivity contribution in [2.24, 2.45) is 0 Å². The summed E-state index contributed by atoms with van der Waals surface area (Å²) in [5.41, 5.74) is 1.30. The van der Waals surface area contributed by atoms with Crippen molar-refractivity contribution >= 4 is 5.97 Å². The van der Waals surface area contributed by atoms with Gasteiger partial charge in [-0.15, -0.1) is 0 Å². The molecule has 0 N–H and O–H groups in total. The molecule has 1 aromatic carbocycles. The van der Waals surface area contributed by atoms with Gasteiger partial charge in [-0.3, -0.25) is 4.90 Å². The highest BCUT2D eigenvalue weighted by Crippen LogP contribution is 2.24. The van der Waals surface area contributed by atoms with E-state index in [0.717, 1.165) is 25.8 Å². The van der Waals surface area contributed by atoms with Crippen LogP contribution in [-0.4, -0.2) is 29.6 Å². The lowest BCUT2D eigenvalue weighted by Crippen LogP contribution is -2.43. The van der Waals surface area contributed by atoms with Gasteiger partial charge in [0, 0.05) is 24.7 Å². The van der Waals surface area contributed by atoms with Crippen LogP contribution in [0.25, 0.3) is 0 Å². The van der Waals surface area contributed by atoms with Crippen LogP contribution in [0.1, 0.15) is 38.7 Å². The smallest absolute Gasteiger partial charge is 0.330 e. The molecule has 0 aromatic heterocycles. The Morgan fingerprint density at radius 1 is 1.30 bits per heavy atom. The molecule has 0 bridgehead atoms. The van der Waals surface area contributed by atoms with Crippen LogP contribution in [0.15, 0.2) is 54.6 Å². The van der Waals surface area contributed by atoms with Crippen LogP contribution in [0, 0.1) is 0 Å². The largest absolute Gasteiger partial charge is 0.463 e. The second-order valence-corrected chi connectivity index (χ2v) is 5.86. The van der Waals surface area contributed by atoms with E-state index in [0.29, 0.717) is 12.6 Å². The molecule has 0 fully saturated rings. The Balaban J connectivity index is 2.13. The molecule has 0 amide bonds. The van der Waals surface area contributed by atoms with Crippen LogP contribution in [-0.2, 0) is 16.1 Å². The minimum atomic E-state index is -0.256. The number of carbonyl (C=O) groups excluding carboxylic acids is 1. The summed E-state index contributed by atoms with van der Waals surface area (Å²) in [7, 11) is 0. The fourth-order valence-corrected chi connectivity index (χ4v) is 3.02. The van der Waals surface area contributed by atoms with Gasteiger partial charge in [-0.25, -0.2) is 4.79 Å². The Hall–Kier alpha value is -1.87. The topological polar surface area (TPSA) is 29.5 Å². The molecule has 0 spiro atoms. The molecule has 3 heteroatoms. The van der Waals surface area contributed by atoms with Crippen LogP contribution < -0.4 is 0 Å². The summed E-state index contributed by atoms with van der Waals surface area (Å²) < 4.78 is 5.00. The first-order valence-electron chi connectivity index (χ1n) is 8.55. The molecular weight excluding hydrogens is 286 g/mol. The molecule has 0 saturated carbocycles. The maximum Gasteiger partial charge on any atom is 0.330 e. The third kappa shape index (κ3) is 5.36. The van der Waals surface area contributed by atoms with Crippen LogP contribution >= 0.6 is 0 Å². The van der Waals surface area contributed by atoms with Crippen molar-refractivity contribution < 1.29 is 9.53 Å². The van der Waals surface area contributed by atoms with Crippen LogP contribution in [0.5, 0.6) is 0 Å². The van der Waals surface area contributed by atoms with Gasteiger partial charge < -0.3 is 4.74 Å². The second-order valence-electron chi connectivity index (χ2n) is 5.86. The van der Waals surface area contributed by atoms with E-state index in [-0.39, 0.29) is 12.0 Å². The number of hydrogen-bond acceptors (Lipinski definition) is 3. The molecule has 0 aliphatic carbocycles. The highest BCUT2D eigenvalue weighted by molar-refractivity contribution is 5.82. The second kappa shape index (κ2) is 9.31. The third-order valence-electron chi connectivity index (χ3n) is 4.12. The van der Waals surface area contributed by atoms with E-state index in [1.807, 2.05) is 19.1 Å². The molecule has 2 rings (SSSR count). The normalized spacial score (nSPS) is 21.7. The van der Waals surface area contributed by atoms with Gasteiger partial charge in [0.05, 0.1) is 6.61 Å². The average Bonchev–Trinajstić information content (AvgIpc) is 2.56. The molecule has 0 saturated heterocycles. The molecule has 0 unspecified atom stereocenters. The zero-order valence-electron chi connectivity index (χ0n) is 14.2. The van der Waals surface area contributed by atoms with Gasteiger partial charge in [0.2, 0.25) is 0 Å². The van der Waals surface area contributed by atoms with Gasteiger partial charge in [-0.1, -0.05) is 61.9 Å². The molecule has 23 heavy (non-hydrogen) atoms. The number of ether oxygens (including phenoxy) is 1.